The number of aromatic nitrogens is 1. The molecule has 2 aliphatic heterocycles. The van der Waals surface area contributed by atoms with Gasteiger partial charge in [0.2, 0.25) is 0 Å². The van der Waals surface area contributed by atoms with Crippen molar-refractivity contribution >= 4 is 11.7 Å². The first-order valence-corrected chi connectivity index (χ1v) is 5.94. The maximum atomic E-state index is 7.41. The molecule has 5 heteroatoms. The molecule has 1 aromatic rings. The van der Waals surface area contributed by atoms with Crippen LogP contribution in [0.3, 0.4) is 0 Å². The molecule has 0 aliphatic carbocycles. The van der Waals surface area contributed by atoms with Gasteiger partial charge in [-0.05, 0) is 25.0 Å². The van der Waals surface area contributed by atoms with Crippen molar-refractivity contribution in [3.05, 3.63) is 23.9 Å². The number of nitrogen functional groups attached to an aromatic ring is 1. The lowest BCUT2D eigenvalue weighted by atomic mass is 10.2. The van der Waals surface area contributed by atoms with Gasteiger partial charge in [-0.3, -0.25) is 5.41 Å². The molecule has 0 spiro atoms. The van der Waals surface area contributed by atoms with Crippen molar-refractivity contribution in [2.45, 2.75) is 25.0 Å². The third kappa shape index (κ3) is 1.98. The lowest BCUT2D eigenvalue weighted by molar-refractivity contribution is 0.0302. The summed E-state index contributed by atoms with van der Waals surface area (Å²) in [6.07, 6.45) is 2.98. The van der Waals surface area contributed by atoms with Crippen LogP contribution in [0.1, 0.15) is 18.5 Å². The third-order valence-corrected chi connectivity index (χ3v) is 3.38. The molecular formula is C12H16N4O. The maximum Gasteiger partial charge on any atom is 0.141 e. The number of hydrogen-bond donors (Lipinski definition) is 2. The number of hydrogen-bond acceptors (Lipinski definition) is 4. The van der Waals surface area contributed by atoms with E-state index in [0.717, 1.165) is 31.7 Å². The minimum atomic E-state index is 0.0167. The van der Waals surface area contributed by atoms with Crippen molar-refractivity contribution in [1.82, 2.24) is 4.98 Å². The van der Waals surface area contributed by atoms with E-state index in [-0.39, 0.29) is 5.84 Å². The van der Waals surface area contributed by atoms with Gasteiger partial charge in [-0.2, -0.15) is 0 Å². The van der Waals surface area contributed by atoms with Crippen LogP contribution in [0, 0.1) is 5.41 Å². The van der Waals surface area contributed by atoms with Crippen LogP contribution in [0.4, 0.5) is 5.82 Å². The Morgan fingerprint density at radius 3 is 2.71 bits per heavy atom. The number of fused-ring (bicyclic) bond motifs is 2. The van der Waals surface area contributed by atoms with Crippen LogP contribution in [-0.4, -0.2) is 36.1 Å². The topological polar surface area (TPSA) is 75.2 Å². The molecule has 90 valence electrons. The van der Waals surface area contributed by atoms with Crippen molar-refractivity contribution in [1.29, 1.82) is 5.41 Å². The SMILES string of the molecule is N=C(N)c1cccc(N2CC3CCC(C2)O3)n1. The van der Waals surface area contributed by atoms with Gasteiger partial charge in [-0.15, -0.1) is 0 Å². The molecule has 3 N–H and O–H groups in total. The number of nitrogens with one attached hydrogen (secondary N) is 1. The van der Waals surface area contributed by atoms with E-state index in [4.69, 9.17) is 15.9 Å². The Hall–Kier alpha value is -1.62. The number of nitrogens with two attached hydrogens (primary N) is 1. The molecule has 0 aromatic carbocycles. The minimum absolute atomic E-state index is 0.0167. The number of morpholine rings is 1. The molecule has 5 nitrogen and oxygen atoms in total. The molecule has 0 saturated carbocycles. The first-order valence-electron chi connectivity index (χ1n) is 5.94. The molecule has 2 unspecified atom stereocenters. The molecule has 1 aromatic heterocycles. The number of ether oxygens (including phenoxy) is 1. The summed E-state index contributed by atoms with van der Waals surface area (Å²) in [6, 6.07) is 5.63. The fourth-order valence-corrected chi connectivity index (χ4v) is 2.55. The summed E-state index contributed by atoms with van der Waals surface area (Å²) in [4.78, 5) is 6.65. The normalized spacial score (nSPS) is 27.2. The lowest BCUT2D eigenvalue weighted by Crippen LogP contribution is -2.43. The van der Waals surface area contributed by atoms with E-state index >= 15 is 0 Å². The first-order chi connectivity index (χ1) is 8.22. The average Bonchev–Trinajstić information content (AvgIpc) is 2.68. The molecule has 2 aliphatic rings. The molecule has 0 amide bonds. The maximum absolute atomic E-state index is 7.41. The van der Waals surface area contributed by atoms with E-state index in [0.29, 0.717) is 17.9 Å². The summed E-state index contributed by atoms with van der Waals surface area (Å²) in [5.74, 6) is 0.918. The Morgan fingerprint density at radius 1 is 1.35 bits per heavy atom. The third-order valence-electron chi connectivity index (χ3n) is 3.38. The second-order valence-corrected chi connectivity index (χ2v) is 4.66. The highest BCUT2D eigenvalue weighted by Crippen LogP contribution is 2.28. The number of anilines is 1. The van der Waals surface area contributed by atoms with Gasteiger partial charge in [0.15, 0.2) is 0 Å². The average molecular weight is 232 g/mol. The Labute approximate surface area is 100 Å². The first kappa shape index (κ1) is 10.5. The van der Waals surface area contributed by atoms with Crippen LogP contribution in [-0.2, 0) is 4.74 Å². The summed E-state index contributed by atoms with van der Waals surface area (Å²) in [6.45, 7) is 1.79. The monoisotopic (exact) mass is 232 g/mol. The molecule has 2 fully saturated rings. The lowest BCUT2D eigenvalue weighted by Gasteiger charge is -2.33. The van der Waals surface area contributed by atoms with E-state index in [1.165, 1.54) is 0 Å². The van der Waals surface area contributed by atoms with Crippen molar-refractivity contribution in [2.24, 2.45) is 5.73 Å². The summed E-state index contributed by atoms with van der Waals surface area (Å²) < 4.78 is 5.79. The highest BCUT2D eigenvalue weighted by atomic mass is 16.5. The van der Waals surface area contributed by atoms with Gasteiger partial charge in [0.25, 0.3) is 0 Å². The quantitative estimate of drug-likeness (QED) is 0.582. The van der Waals surface area contributed by atoms with Gasteiger partial charge in [0.1, 0.15) is 17.3 Å². The summed E-state index contributed by atoms with van der Waals surface area (Å²) in [5, 5.41) is 7.41. The van der Waals surface area contributed by atoms with Crippen LogP contribution >= 0.6 is 0 Å². The van der Waals surface area contributed by atoms with Gasteiger partial charge >= 0.3 is 0 Å². The van der Waals surface area contributed by atoms with Crippen molar-refractivity contribution in [3.8, 4) is 0 Å². The van der Waals surface area contributed by atoms with Gasteiger partial charge in [-0.25, -0.2) is 4.98 Å². The highest BCUT2D eigenvalue weighted by Gasteiger charge is 2.34. The zero-order valence-corrected chi connectivity index (χ0v) is 9.60. The molecule has 2 bridgehead atoms. The molecule has 2 saturated heterocycles. The van der Waals surface area contributed by atoms with Crippen molar-refractivity contribution < 1.29 is 4.74 Å². The summed E-state index contributed by atoms with van der Waals surface area (Å²) in [7, 11) is 0. The van der Waals surface area contributed by atoms with Gasteiger partial charge in [0.05, 0.1) is 12.2 Å². The second-order valence-electron chi connectivity index (χ2n) is 4.66. The molecule has 3 rings (SSSR count). The Balaban J connectivity index is 1.84. The highest BCUT2D eigenvalue weighted by molar-refractivity contribution is 5.93. The molecule has 17 heavy (non-hydrogen) atoms. The van der Waals surface area contributed by atoms with Crippen LogP contribution in [0.2, 0.25) is 0 Å². The van der Waals surface area contributed by atoms with Crippen molar-refractivity contribution in [3.63, 3.8) is 0 Å². The van der Waals surface area contributed by atoms with Crippen LogP contribution in [0.5, 0.6) is 0 Å². The van der Waals surface area contributed by atoms with Crippen LogP contribution < -0.4 is 10.6 Å². The van der Waals surface area contributed by atoms with E-state index in [1.54, 1.807) is 6.07 Å². The summed E-state index contributed by atoms with van der Waals surface area (Å²) >= 11 is 0. The molecule has 2 atom stereocenters. The number of nitrogens with zero attached hydrogens (tertiary/aromatic N) is 2. The Bertz CT molecular complexity index is 436. The predicted octanol–water partition coefficient (Wildman–Crippen LogP) is 0.733. The van der Waals surface area contributed by atoms with E-state index in [1.807, 2.05) is 12.1 Å². The van der Waals surface area contributed by atoms with Gasteiger partial charge in [-0.1, -0.05) is 6.07 Å². The van der Waals surface area contributed by atoms with Crippen LogP contribution in [0.25, 0.3) is 0 Å². The predicted molar refractivity (Wildman–Crippen MR) is 65.4 cm³/mol. The minimum Gasteiger partial charge on any atom is -0.382 e. The largest absolute Gasteiger partial charge is 0.382 e. The van der Waals surface area contributed by atoms with E-state index < -0.39 is 0 Å². The molecule has 0 radical (unpaired) electrons. The smallest absolute Gasteiger partial charge is 0.141 e. The zero-order chi connectivity index (χ0) is 11.8. The van der Waals surface area contributed by atoms with Gasteiger partial charge in [0, 0.05) is 13.1 Å². The standard InChI is InChI=1S/C12H16N4O/c13-12(14)10-2-1-3-11(15-10)16-6-8-4-5-9(7-16)17-8/h1-3,8-9H,4-7H2,(H3,13,14). The zero-order valence-electron chi connectivity index (χ0n) is 9.60. The number of rotatable bonds is 2. The fourth-order valence-electron chi connectivity index (χ4n) is 2.55. The fraction of sp³-hybridized carbons (Fsp3) is 0.500. The number of pyridine rings is 1. The second kappa shape index (κ2) is 4.00. The molecule has 3 heterocycles. The van der Waals surface area contributed by atoms with Gasteiger partial charge < -0.3 is 15.4 Å². The van der Waals surface area contributed by atoms with Crippen LogP contribution in [0.15, 0.2) is 18.2 Å². The van der Waals surface area contributed by atoms with E-state index in [9.17, 15) is 0 Å². The molecular weight excluding hydrogens is 216 g/mol. The summed E-state index contributed by atoms with van der Waals surface area (Å²) in [5.41, 5.74) is 6.00. The Morgan fingerprint density at radius 2 is 2.06 bits per heavy atom. The number of amidine groups is 1. The van der Waals surface area contributed by atoms with Crippen molar-refractivity contribution in [2.75, 3.05) is 18.0 Å². The Kier molecular flexibility index (Phi) is 2.48. The van der Waals surface area contributed by atoms with E-state index in [2.05, 4.69) is 9.88 Å².